The van der Waals surface area contributed by atoms with Crippen LogP contribution < -0.4 is 10.6 Å². The van der Waals surface area contributed by atoms with Gasteiger partial charge in [0.15, 0.2) is 5.82 Å². The number of nitrogens with zero attached hydrogens (tertiary/aromatic N) is 5. The zero-order valence-electron chi connectivity index (χ0n) is 14.2. The maximum absolute atomic E-state index is 13.3. The monoisotopic (exact) mass is 373 g/mol. The molecule has 0 saturated heterocycles. The first-order valence-corrected chi connectivity index (χ1v) is 8.39. The molecule has 3 aromatic rings. The SMILES string of the molecule is CC(C)CNc1nc(Nc2ccnc(F)c2)nc(-c2cccc(Cl)n2)n1. The first-order valence-electron chi connectivity index (χ1n) is 8.01. The summed E-state index contributed by atoms with van der Waals surface area (Å²) in [5.41, 5.74) is 0.986. The lowest BCUT2D eigenvalue weighted by Crippen LogP contribution is -2.13. The van der Waals surface area contributed by atoms with Crippen LogP contribution in [0, 0.1) is 11.9 Å². The Bertz CT molecular complexity index is 904. The van der Waals surface area contributed by atoms with E-state index < -0.39 is 5.95 Å². The van der Waals surface area contributed by atoms with Crippen molar-refractivity contribution in [2.24, 2.45) is 5.92 Å². The first-order chi connectivity index (χ1) is 12.5. The Kier molecular flexibility index (Phi) is 5.52. The summed E-state index contributed by atoms with van der Waals surface area (Å²) in [7, 11) is 0. The normalized spacial score (nSPS) is 10.8. The molecule has 0 aliphatic heterocycles. The lowest BCUT2D eigenvalue weighted by Gasteiger charge is -2.11. The van der Waals surface area contributed by atoms with Crippen LogP contribution in [0.5, 0.6) is 0 Å². The number of pyridine rings is 2. The van der Waals surface area contributed by atoms with Gasteiger partial charge in [-0.05, 0) is 24.1 Å². The van der Waals surface area contributed by atoms with Gasteiger partial charge in [-0.1, -0.05) is 31.5 Å². The number of anilines is 3. The lowest BCUT2D eigenvalue weighted by atomic mass is 10.2. The van der Waals surface area contributed by atoms with Crippen molar-refractivity contribution in [3.8, 4) is 11.5 Å². The van der Waals surface area contributed by atoms with Crippen molar-refractivity contribution in [2.45, 2.75) is 13.8 Å². The molecular formula is C17H17ClFN7. The van der Waals surface area contributed by atoms with Gasteiger partial charge >= 0.3 is 0 Å². The van der Waals surface area contributed by atoms with Gasteiger partial charge in [0.05, 0.1) is 0 Å². The van der Waals surface area contributed by atoms with Crippen LogP contribution >= 0.6 is 11.6 Å². The third-order valence-electron chi connectivity index (χ3n) is 3.23. The molecule has 3 heterocycles. The number of nitrogens with one attached hydrogen (secondary N) is 2. The van der Waals surface area contributed by atoms with E-state index in [9.17, 15) is 4.39 Å². The average Bonchev–Trinajstić information content (AvgIpc) is 2.60. The van der Waals surface area contributed by atoms with Crippen molar-refractivity contribution >= 4 is 29.2 Å². The molecule has 26 heavy (non-hydrogen) atoms. The Hall–Kier alpha value is -2.87. The number of rotatable bonds is 6. The fraction of sp³-hybridized carbons (Fsp3) is 0.235. The van der Waals surface area contributed by atoms with Crippen LogP contribution in [0.1, 0.15) is 13.8 Å². The van der Waals surface area contributed by atoms with Gasteiger partial charge in [-0.25, -0.2) is 9.97 Å². The van der Waals surface area contributed by atoms with Gasteiger partial charge < -0.3 is 10.6 Å². The van der Waals surface area contributed by atoms with Crippen molar-refractivity contribution in [1.82, 2.24) is 24.9 Å². The second-order valence-electron chi connectivity index (χ2n) is 5.92. The quantitative estimate of drug-likeness (QED) is 0.633. The number of hydrogen-bond donors (Lipinski definition) is 2. The largest absolute Gasteiger partial charge is 0.354 e. The highest BCUT2D eigenvalue weighted by molar-refractivity contribution is 6.29. The summed E-state index contributed by atoms with van der Waals surface area (Å²) < 4.78 is 13.3. The lowest BCUT2D eigenvalue weighted by molar-refractivity contribution is 0.584. The fourth-order valence-corrected chi connectivity index (χ4v) is 2.23. The van der Waals surface area contributed by atoms with Gasteiger partial charge in [-0.3, -0.25) is 0 Å². The van der Waals surface area contributed by atoms with Crippen molar-refractivity contribution < 1.29 is 4.39 Å². The van der Waals surface area contributed by atoms with Gasteiger partial charge in [-0.15, -0.1) is 0 Å². The second kappa shape index (κ2) is 8.01. The zero-order chi connectivity index (χ0) is 18.5. The van der Waals surface area contributed by atoms with E-state index in [4.69, 9.17) is 11.6 Å². The highest BCUT2D eigenvalue weighted by Crippen LogP contribution is 2.20. The van der Waals surface area contributed by atoms with E-state index in [1.807, 2.05) is 0 Å². The third-order valence-corrected chi connectivity index (χ3v) is 3.44. The van der Waals surface area contributed by atoms with Crippen molar-refractivity contribution in [3.05, 3.63) is 47.6 Å². The van der Waals surface area contributed by atoms with E-state index in [1.165, 1.54) is 12.3 Å². The Morgan fingerprint density at radius 1 is 1.08 bits per heavy atom. The van der Waals surface area contributed by atoms with E-state index in [0.29, 0.717) is 40.8 Å². The molecule has 0 radical (unpaired) electrons. The van der Waals surface area contributed by atoms with Gasteiger partial charge in [-0.2, -0.15) is 19.3 Å². The molecule has 0 spiro atoms. The molecule has 134 valence electrons. The topological polar surface area (TPSA) is 88.5 Å². The van der Waals surface area contributed by atoms with Crippen LogP contribution in [-0.2, 0) is 0 Å². The molecule has 2 N–H and O–H groups in total. The molecule has 7 nitrogen and oxygen atoms in total. The maximum Gasteiger partial charge on any atom is 0.232 e. The average molecular weight is 374 g/mol. The third kappa shape index (κ3) is 4.82. The smallest absolute Gasteiger partial charge is 0.232 e. The molecule has 9 heteroatoms. The summed E-state index contributed by atoms with van der Waals surface area (Å²) in [6, 6.07) is 8.06. The summed E-state index contributed by atoms with van der Waals surface area (Å²) in [6.07, 6.45) is 1.36. The number of aromatic nitrogens is 5. The predicted molar refractivity (Wildman–Crippen MR) is 98.9 cm³/mol. The number of hydrogen-bond acceptors (Lipinski definition) is 7. The second-order valence-corrected chi connectivity index (χ2v) is 6.31. The van der Waals surface area contributed by atoms with Crippen LogP contribution in [0.3, 0.4) is 0 Å². The van der Waals surface area contributed by atoms with Crippen LogP contribution in [0.2, 0.25) is 5.15 Å². The summed E-state index contributed by atoms with van der Waals surface area (Å²) in [4.78, 5) is 20.8. The standard InChI is InChI=1S/C17H17ClFN7/c1-10(2)9-21-16-24-15(12-4-3-5-13(18)23-12)25-17(26-16)22-11-6-7-20-14(19)8-11/h3-8,10H,9H2,1-2H3,(H2,20,21,22,24,25,26). The molecule has 0 bridgehead atoms. The van der Waals surface area contributed by atoms with Gasteiger partial charge in [0.2, 0.25) is 17.8 Å². The molecule has 0 aliphatic carbocycles. The van der Waals surface area contributed by atoms with E-state index in [0.717, 1.165) is 0 Å². The van der Waals surface area contributed by atoms with Crippen LogP contribution in [-0.4, -0.2) is 31.5 Å². The zero-order valence-corrected chi connectivity index (χ0v) is 15.0. The predicted octanol–water partition coefficient (Wildman–Crippen LogP) is 3.93. The van der Waals surface area contributed by atoms with Gasteiger partial charge in [0.25, 0.3) is 0 Å². The highest BCUT2D eigenvalue weighted by Gasteiger charge is 2.11. The Labute approximate surface area is 155 Å². The van der Waals surface area contributed by atoms with E-state index >= 15 is 0 Å². The molecular weight excluding hydrogens is 357 g/mol. The molecule has 3 rings (SSSR count). The highest BCUT2D eigenvalue weighted by atomic mass is 35.5. The van der Waals surface area contributed by atoms with Gasteiger partial charge in [0, 0.05) is 24.5 Å². The molecule has 0 saturated carbocycles. The summed E-state index contributed by atoms with van der Waals surface area (Å²) >= 11 is 5.96. The minimum Gasteiger partial charge on any atom is -0.354 e. The fourth-order valence-electron chi connectivity index (χ4n) is 2.06. The van der Waals surface area contributed by atoms with Crippen molar-refractivity contribution in [2.75, 3.05) is 17.2 Å². The molecule has 3 aromatic heterocycles. The molecule has 0 atom stereocenters. The van der Waals surface area contributed by atoms with E-state index in [2.05, 4.69) is 49.4 Å². The van der Waals surface area contributed by atoms with E-state index in [-0.39, 0.29) is 5.95 Å². The Morgan fingerprint density at radius 3 is 2.62 bits per heavy atom. The molecule has 0 amide bonds. The van der Waals surface area contributed by atoms with E-state index in [1.54, 1.807) is 24.3 Å². The maximum atomic E-state index is 13.3. The molecule has 0 aliphatic rings. The van der Waals surface area contributed by atoms with Crippen LogP contribution in [0.15, 0.2) is 36.5 Å². The Morgan fingerprint density at radius 2 is 1.88 bits per heavy atom. The summed E-state index contributed by atoms with van der Waals surface area (Å²) in [5.74, 6) is 0.811. The molecule has 0 aromatic carbocycles. The van der Waals surface area contributed by atoms with Crippen LogP contribution in [0.25, 0.3) is 11.5 Å². The minimum absolute atomic E-state index is 0.258. The Balaban J connectivity index is 1.96. The number of halogens is 2. The first kappa shape index (κ1) is 17.9. The molecule has 0 unspecified atom stereocenters. The van der Waals surface area contributed by atoms with Gasteiger partial charge in [0.1, 0.15) is 10.8 Å². The van der Waals surface area contributed by atoms with Crippen LogP contribution in [0.4, 0.5) is 22.0 Å². The van der Waals surface area contributed by atoms with Crippen molar-refractivity contribution in [3.63, 3.8) is 0 Å². The summed E-state index contributed by atoms with van der Waals surface area (Å²) in [6.45, 7) is 4.84. The summed E-state index contributed by atoms with van der Waals surface area (Å²) in [5, 5.41) is 6.45. The molecule has 0 fully saturated rings. The van der Waals surface area contributed by atoms with Crippen molar-refractivity contribution in [1.29, 1.82) is 0 Å². The minimum atomic E-state index is -0.598.